The molecule has 3 rings (SSSR count). The quantitative estimate of drug-likeness (QED) is 0.546. The number of anilines is 1. The number of nitrogens with zero attached hydrogens (tertiary/aromatic N) is 2. The van der Waals surface area contributed by atoms with E-state index in [2.05, 4.69) is 20.6 Å². The van der Waals surface area contributed by atoms with Crippen LogP contribution in [0, 0.1) is 13.8 Å². The van der Waals surface area contributed by atoms with E-state index in [1.54, 1.807) is 19.9 Å². The maximum atomic E-state index is 12.8. The fraction of sp³-hybridized carbons (Fsp3) is 0.143. The molecule has 0 spiro atoms. The van der Waals surface area contributed by atoms with Crippen LogP contribution in [-0.2, 0) is 15.6 Å². The molecule has 11 heteroatoms. The Kier molecular flexibility index (Phi) is 7.12. The molecule has 3 amide bonds. The lowest BCUT2D eigenvalue weighted by Gasteiger charge is -2.10. The molecule has 0 saturated heterocycles. The largest absolute Gasteiger partial charge is 0.326 e. The number of halogens is 2. The summed E-state index contributed by atoms with van der Waals surface area (Å²) < 4.78 is 25.6. The van der Waals surface area contributed by atoms with Crippen LogP contribution < -0.4 is 10.6 Å². The average molecular weight is 493 g/mol. The minimum atomic E-state index is -3.77. The van der Waals surface area contributed by atoms with Crippen molar-refractivity contribution >= 4 is 50.7 Å². The molecule has 3 aromatic rings. The van der Waals surface area contributed by atoms with Gasteiger partial charge >= 0.3 is 6.03 Å². The number of hydrogen-bond donors (Lipinski definition) is 2. The summed E-state index contributed by atoms with van der Waals surface area (Å²) in [6, 6.07) is 10.8. The summed E-state index contributed by atoms with van der Waals surface area (Å²) in [6.07, 6.45) is 0. The van der Waals surface area contributed by atoms with Gasteiger partial charge in [-0.05, 0) is 56.3 Å². The van der Waals surface area contributed by atoms with Crippen molar-refractivity contribution in [2.75, 3.05) is 5.32 Å². The Hall–Kier alpha value is -3.01. The normalized spacial score (nSPS) is 11.1. The lowest BCUT2D eigenvalue weighted by molar-refractivity contribution is 0.0967. The zero-order chi connectivity index (χ0) is 23.5. The zero-order valence-electron chi connectivity index (χ0n) is 17.0. The molecule has 0 atom stereocenters. The summed E-state index contributed by atoms with van der Waals surface area (Å²) in [7, 11) is -3.77. The summed E-state index contributed by atoms with van der Waals surface area (Å²) in [5.41, 5.74) is 1.58. The number of imide groups is 1. The van der Waals surface area contributed by atoms with E-state index < -0.39 is 27.5 Å². The first kappa shape index (κ1) is 23.6. The summed E-state index contributed by atoms with van der Waals surface area (Å²) in [5.74, 6) is -0.942. The van der Waals surface area contributed by atoms with Gasteiger partial charge in [-0.2, -0.15) is 0 Å². The molecule has 0 saturated carbocycles. The third-order valence-electron chi connectivity index (χ3n) is 4.20. The molecule has 32 heavy (non-hydrogen) atoms. The molecule has 2 N–H and O–H groups in total. The monoisotopic (exact) mass is 492 g/mol. The highest BCUT2D eigenvalue weighted by molar-refractivity contribution is 7.90. The van der Waals surface area contributed by atoms with Crippen molar-refractivity contribution in [2.24, 2.45) is 0 Å². The molecule has 8 nitrogen and oxygen atoms in total. The Balaban J connectivity index is 1.72. The lowest BCUT2D eigenvalue weighted by Crippen LogP contribution is -2.34. The van der Waals surface area contributed by atoms with Crippen molar-refractivity contribution in [3.63, 3.8) is 0 Å². The predicted molar refractivity (Wildman–Crippen MR) is 122 cm³/mol. The van der Waals surface area contributed by atoms with E-state index in [9.17, 15) is 18.0 Å². The Labute approximate surface area is 194 Å². The summed E-state index contributed by atoms with van der Waals surface area (Å²) >= 11 is 11.8. The highest BCUT2D eigenvalue weighted by atomic mass is 35.5. The van der Waals surface area contributed by atoms with E-state index in [-0.39, 0.29) is 27.0 Å². The first-order valence-corrected chi connectivity index (χ1v) is 11.7. The molecular weight excluding hydrogens is 475 g/mol. The third-order valence-corrected chi connectivity index (χ3v) is 6.36. The van der Waals surface area contributed by atoms with Crippen LogP contribution in [0.5, 0.6) is 0 Å². The molecule has 0 bridgehead atoms. The van der Waals surface area contributed by atoms with Gasteiger partial charge in [0.1, 0.15) is 11.6 Å². The van der Waals surface area contributed by atoms with E-state index in [0.717, 1.165) is 0 Å². The smallest absolute Gasteiger partial charge is 0.308 e. The van der Waals surface area contributed by atoms with Crippen LogP contribution in [0.25, 0.3) is 0 Å². The van der Waals surface area contributed by atoms with E-state index in [1.165, 1.54) is 42.5 Å². The van der Waals surface area contributed by atoms with E-state index >= 15 is 0 Å². The van der Waals surface area contributed by atoms with Gasteiger partial charge in [0, 0.05) is 22.1 Å². The number of aryl methyl sites for hydroxylation is 2. The summed E-state index contributed by atoms with van der Waals surface area (Å²) in [4.78, 5) is 32.8. The van der Waals surface area contributed by atoms with Gasteiger partial charge in [-0.15, -0.1) is 0 Å². The van der Waals surface area contributed by atoms with Crippen LogP contribution in [0.15, 0.2) is 53.4 Å². The topological polar surface area (TPSA) is 118 Å². The van der Waals surface area contributed by atoms with Crippen molar-refractivity contribution in [2.45, 2.75) is 24.5 Å². The number of sulfone groups is 1. The second kappa shape index (κ2) is 9.64. The van der Waals surface area contributed by atoms with Crippen molar-refractivity contribution < 1.29 is 18.0 Å². The number of rotatable bonds is 5. The van der Waals surface area contributed by atoms with Gasteiger partial charge in [-0.3, -0.25) is 10.1 Å². The van der Waals surface area contributed by atoms with E-state index in [1.807, 2.05) is 0 Å². The number of benzene rings is 2. The maximum Gasteiger partial charge on any atom is 0.326 e. The van der Waals surface area contributed by atoms with Crippen LogP contribution in [-0.4, -0.2) is 30.3 Å². The van der Waals surface area contributed by atoms with Crippen LogP contribution in [0.3, 0.4) is 0 Å². The van der Waals surface area contributed by atoms with Gasteiger partial charge in [0.15, 0.2) is 9.84 Å². The molecule has 166 valence electrons. The van der Waals surface area contributed by atoms with Gasteiger partial charge < -0.3 is 5.32 Å². The minimum absolute atomic E-state index is 0.0230. The van der Waals surface area contributed by atoms with Crippen molar-refractivity contribution in [3.8, 4) is 0 Å². The molecule has 0 aliphatic heterocycles. The Morgan fingerprint density at radius 1 is 0.969 bits per heavy atom. The Morgan fingerprint density at radius 2 is 1.66 bits per heavy atom. The number of nitrogens with one attached hydrogen (secondary N) is 2. The van der Waals surface area contributed by atoms with Gasteiger partial charge in [-0.25, -0.2) is 23.2 Å². The predicted octanol–water partition coefficient (Wildman–Crippen LogP) is 4.34. The second-order valence-electron chi connectivity index (χ2n) is 6.89. The number of urea groups is 1. The molecule has 0 radical (unpaired) electrons. The molecule has 0 aliphatic carbocycles. The first-order valence-electron chi connectivity index (χ1n) is 9.25. The van der Waals surface area contributed by atoms with Crippen molar-refractivity contribution in [3.05, 3.63) is 81.4 Å². The maximum absolute atomic E-state index is 12.8. The lowest BCUT2D eigenvalue weighted by atomic mass is 10.2. The highest BCUT2D eigenvalue weighted by Crippen LogP contribution is 2.22. The molecule has 0 aliphatic rings. The van der Waals surface area contributed by atoms with Crippen molar-refractivity contribution in [1.82, 2.24) is 15.3 Å². The van der Waals surface area contributed by atoms with Gasteiger partial charge in [0.25, 0.3) is 5.91 Å². The minimum Gasteiger partial charge on any atom is -0.308 e. The molecule has 2 aromatic carbocycles. The van der Waals surface area contributed by atoms with Gasteiger partial charge in [0.05, 0.1) is 15.5 Å². The number of hydrogen-bond acceptors (Lipinski definition) is 6. The van der Waals surface area contributed by atoms with Crippen LogP contribution >= 0.6 is 23.2 Å². The van der Waals surface area contributed by atoms with Gasteiger partial charge in [-0.1, -0.05) is 29.3 Å². The average Bonchev–Trinajstić information content (AvgIpc) is 2.66. The molecule has 0 fully saturated rings. The van der Waals surface area contributed by atoms with Gasteiger partial charge in [0.2, 0.25) is 0 Å². The zero-order valence-corrected chi connectivity index (χ0v) is 19.3. The highest BCUT2D eigenvalue weighted by Gasteiger charge is 2.19. The standard InChI is InChI=1S/C21H18Cl2N4O4S/c1-12-8-13(2)25-19(24-12)11-32(30,31)16-5-3-4-15(10-16)26-21(29)27-20(28)17-7-6-14(22)9-18(17)23/h3-10H,11H2,1-2H3,(H2,26,27,28,29). The molecule has 0 unspecified atom stereocenters. The number of carbonyl (C=O) groups excluding carboxylic acids is 2. The van der Waals surface area contributed by atoms with Crippen LogP contribution in [0.1, 0.15) is 27.6 Å². The number of aromatic nitrogens is 2. The van der Waals surface area contributed by atoms with Crippen LogP contribution in [0.2, 0.25) is 10.0 Å². The number of amides is 3. The second-order valence-corrected chi connectivity index (χ2v) is 9.72. The summed E-state index contributed by atoms with van der Waals surface area (Å²) in [5, 5.41) is 5.00. The van der Waals surface area contributed by atoms with E-state index in [4.69, 9.17) is 23.2 Å². The molecule has 1 aromatic heterocycles. The molecular formula is C21H18Cl2N4O4S. The fourth-order valence-electron chi connectivity index (χ4n) is 2.89. The molecule has 1 heterocycles. The van der Waals surface area contributed by atoms with Crippen molar-refractivity contribution in [1.29, 1.82) is 0 Å². The van der Waals surface area contributed by atoms with E-state index in [0.29, 0.717) is 16.4 Å². The number of carbonyl (C=O) groups is 2. The fourth-order valence-corrected chi connectivity index (χ4v) is 4.61. The SMILES string of the molecule is Cc1cc(C)nc(CS(=O)(=O)c2cccc(NC(=O)NC(=O)c3ccc(Cl)cc3Cl)c2)n1. The first-order chi connectivity index (χ1) is 15.0. The summed E-state index contributed by atoms with van der Waals surface area (Å²) in [6.45, 7) is 3.51. The Bertz CT molecular complexity index is 1290. The van der Waals surface area contributed by atoms with Crippen LogP contribution in [0.4, 0.5) is 10.5 Å². The Morgan fingerprint density at radius 3 is 2.31 bits per heavy atom. The third kappa shape index (κ3) is 6.03.